The molecule has 2 saturated heterocycles. The molecule has 2 amide bonds. The van der Waals surface area contributed by atoms with Crippen molar-refractivity contribution in [2.75, 3.05) is 43.2 Å². The summed E-state index contributed by atoms with van der Waals surface area (Å²) in [6.45, 7) is 1.73. The molecule has 0 radical (unpaired) electrons. The first-order valence-electron chi connectivity index (χ1n) is 14.1. The van der Waals surface area contributed by atoms with Crippen LogP contribution in [0.5, 0.6) is 5.75 Å². The van der Waals surface area contributed by atoms with Gasteiger partial charge in [0.1, 0.15) is 11.4 Å². The number of ether oxygens (including phenoxy) is 3. The number of methoxy groups -OCH3 is 1. The van der Waals surface area contributed by atoms with Gasteiger partial charge in [0.2, 0.25) is 0 Å². The fraction of sp³-hybridized carbons (Fsp3) is 0.448. The lowest BCUT2D eigenvalue weighted by Crippen LogP contribution is -2.39. The van der Waals surface area contributed by atoms with Crippen molar-refractivity contribution in [1.29, 1.82) is 0 Å². The molecule has 5 heterocycles. The molecule has 2 unspecified atom stereocenters. The van der Waals surface area contributed by atoms with Crippen LogP contribution in [0.2, 0.25) is 0 Å². The SMILES string of the molecule is COc1cncc(-c2nn(-c3cc(N4CCC(OC5CCCCO5)C4)ccc3C(F)(F)F)c(=O)c3c2CCN3C(N)=O)c1. The van der Waals surface area contributed by atoms with Crippen molar-refractivity contribution in [3.8, 4) is 22.7 Å². The van der Waals surface area contributed by atoms with Crippen LogP contribution in [0.1, 0.15) is 36.8 Å². The molecule has 6 rings (SSSR count). The molecular formula is C29H31F3N6O5. The minimum atomic E-state index is -4.80. The molecule has 14 heteroatoms. The maximum Gasteiger partial charge on any atom is 0.418 e. The third kappa shape index (κ3) is 5.64. The van der Waals surface area contributed by atoms with Gasteiger partial charge in [-0.05, 0) is 56.4 Å². The van der Waals surface area contributed by atoms with Gasteiger partial charge in [-0.3, -0.25) is 14.7 Å². The Labute approximate surface area is 244 Å². The highest BCUT2D eigenvalue weighted by Gasteiger charge is 2.38. The van der Waals surface area contributed by atoms with E-state index in [2.05, 4.69) is 10.1 Å². The topological polar surface area (TPSA) is 125 Å². The number of pyridine rings is 1. The predicted molar refractivity (Wildman–Crippen MR) is 151 cm³/mol. The lowest BCUT2D eigenvalue weighted by Gasteiger charge is -2.26. The molecule has 0 saturated carbocycles. The zero-order valence-corrected chi connectivity index (χ0v) is 23.5. The van der Waals surface area contributed by atoms with Crippen LogP contribution in [0.15, 0.2) is 41.5 Å². The number of urea groups is 1. The van der Waals surface area contributed by atoms with Crippen LogP contribution in [0.25, 0.3) is 16.9 Å². The number of nitrogens with two attached hydrogens (primary N) is 1. The van der Waals surface area contributed by atoms with E-state index in [4.69, 9.17) is 19.9 Å². The lowest BCUT2D eigenvalue weighted by molar-refractivity contribution is -0.183. The van der Waals surface area contributed by atoms with Crippen LogP contribution in [0.4, 0.5) is 29.3 Å². The number of fused-ring (bicyclic) bond motifs is 1. The van der Waals surface area contributed by atoms with E-state index in [0.717, 1.165) is 30.2 Å². The minimum absolute atomic E-state index is 0.0854. The maximum absolute atomic E-state index is 14.4. The summed E-state index contributed by atoms with van der Waals surface area (Å²) in [4.78, 5) is 33.3. The molecule has 2 fully saturated rings. The van der Waals surface area contributed by atoms with Gasteiger partial charge >= 0.3 is 12.2 Å². The summed E-state index contributed by atoms with van der Waals surface area (Å²) in [6, 6.07) is 4.35. The number of alkyl halides is 3. The third-order valence-electron chi connectivity index (χ3n) is 8.02. The highest BCUT2D eigenvalue weighted by atomic mass is 19.4. The standard InChI is InChI=1S/C29H31F3N6O5/c1-41-20-12-17(14-34-15-20)25-21-8-10-37(28(33)40)26(21)27(39)38(35-25)23-13-18(5-6-22(23)29(30,31)32)36-9-7-19(16-36)43-24-4-2-3-11-42-24/h5-6,12-15,19,24H,2-4,7-11,16H2,1H3,(H2,33,40). The van der Waals surface area contributed by atoms with E-state index in [1.54, 1.807) is 6.07 Å². The number of halogens is 3. The van der Waals surface area contributed by atoms with Crippen molar-refractivity contribution < 1.29 is 32.2 Å². The van der Waals surface area contributed by atoms with Crippen LogP contribution < -0.4 is 25.8 Å². The number of aromatic nitrogens is 3. The second-order valence-corrected chi connectivity index (χ2v) is 10.7. The zero-order chi connectivity index (χ0) is 30.3. The maximum atomic E-state index is 14.4. The van der Waals surface area contributed by atoms with Crippen LogP contribution in [-0.4, -0.2) is 66.5 Å². The van der Waals surface area contributed by atoms with Gasteiger partial charge in [-0.1, -0.05) is 0 Å². The van der Waals surface area contributed by atoms with Crippen LogP contribution in [0.3, 0.4) is 0 Å². The monoisotopic (exact) mass is 600 g/mol. The summed E-state index contributed by atoms with van der Waals surface area (Å²) in [7, 11) is 1.45. The third-order valence-corrected chi connectivity index (χ3v) is 8.02. The van der Waals surface area contributed by atoms with Crippen molar-refractivity contribution in [3.05, 3.63) is 58.1 Å². The van der Waals surface area contributed by atoms with E-state index < -0.39 is 29.0 Å². The Morgan fingerprint density at radius 1 is 1.14 bits per heavy atom. The number of nitrogens with zero attached hydrogens (tertiary/aromatic N) is 5. The molecule has 2 aromatic heterocycles. The number of rotatable bonds is 6. The van der Waals surface area contributed by atoms with E-state index in [-0.39, 0.29) is 36.7 Å². The molecule has 1 aromatic carbocycles. The van der Waals surface area contributed by atoms with E-state index in [9.17, 15) is 22.8 Å². The normalized spacial score (nSPS) is 20.4. The van der Waals surface area contributed by atoms with Crippen LogP contribution in [-0.2, 0) is 22.1 Å². The fourth-order valence-electron chi connectivity index (χ4n) is 5.91. The predicted octanol–water partition coefficient (Wildman–Crippen LogP) is 3.89. The number of hydrogen-bond acceptors (Lipinski definition) is 8. The summed E-state index contributed by atoms with van der Waals surface area (Å²) >= 11 is 0. The summed E-state index contributed by atoms with van der Waals surface area (Å²) in [6.07, 6.45) is 1.43. The summed E-state index contributed by atoms with van der Waals surface area (Å²) in [5, 5.41) is 4.46. The second-order valence-electron chi connectivity index (χ2n) is 10.7. The average molecular weight is 601 g/mol. The van der Waals surface area contributed by atoms with Gasteiger partial charge in [0.05, 0.1) is 36.4 Å². The first-order valence-corrected chi connectivity index (χ1v) is 14.1. The Kier molecular flexibility index (Phi) is 7.73. The molecule has 2 atom stereocenters. The van der Waals surface area contributed by atoms with Crippen LogP contribution in [0, 0.1) is 0 Å². The smallest absolute Gasteiger partial charge is 0.418 e. The first kappa shape index (κ1) is 28.9. The van der Waals surface area contributed by atoms with E-state index in [1.165, 1.54) is 31.6 Å². The van der Waals surface area contributed by atoms with Crippen molar-refractivity contribution in [3.63, 3.8) is 0 Å². The number of benzene rings is 1. The largest absolute Gasteiger partial charge is 0.495 e. The molecule has 0 aliphatic carbocycles. The molecule has 3 aliphatic heterocycles. The Morgan fingerprint density at radius 3 is 2.70 bits per heavy atom. The van der Waals surface area contributed by atoms with Gasteiger partial charge in [-0.25, -0.2) is 4.79 Å². The quantitative estimate of drug-likeness (QED) is 0.452. The van der Waals surface area contributed by atoms with Gasteiger partial charge in [0, 0.05) is 49.3 Å². The van der Waals surface area contributed by atoms with E-state index in [0.29, 0.717) is 53.4 Å². The Hall–Kier alpha value is -4.17. The Bertz CT molecular complexity index is 1590. The summed E-state index contributed by atoms with van der Waals surface area (Å²) < 4.78 is 61.0. The second kappa shape index (κ2) is 11.5. The van der Waals surface area contributed by atoms with Crippen molar-refractivity contribution in [1.82, 2.24) is 14.8 Å². The van der Waals surface area contributed by atoms with Gasteiger partial charge in [-0.2, -0.15) is 23.0 Å². The molecule has 11 nitrogen and oxygen atoms in total. The highest BCUT2D eigenvalue weighted by Crippen LogP contribution is 2.38. The number of primary amides is 1. The number of carbonyl (C=O) groups excluding carboxylic acids is 1. The minimum Gasteiger partial charge on any atom is -0.495 e. The van der Waals surface area contributed by atoms with E-state index >= 15 is 0 Å². The molecule has 3 aromatic rings. The van der Waals surface area contributed by atoms with Gasteiger partial charge in [0.15, 0.2) is 6.29 Å². The molecule has 43 heavy (non-hydrogen) atoms. The van der Waals surface area contributed by atoms with Gasteiger partial charge in [0.25, 0.3) is 5.56 Å². The lowest BCUT2D eigenvalue weighted by atomic mass is 10.1. The Balaban J connectivity index is 1.45. The van der Waals surface area contributed by atoms with Crippen molar-refractivity contribution >= 4 is 17.4 Å². The molecule has 0 bridgehead atoms. The van der Waals surface area contributed by atoms with Crippen LogP contribution >= 0.6 is 0 Å². The average Bonchev–Trinajstić information content (AvgIpc) is 3.66. The van der Waals surface area contributed by atoms with Gasteiger partial charge in [-0.15, -0.1) is 0 Å². The van der Waals surface area contributed by atoms with Gasteiger partial charge < -0.3 is 24.8 Å². The fourth-order valence-corrected chi connectivity index (χ4v) is 5.91. The summed E-state index contributed by atoms with van der Waals surface area (Å²) in [5.74, 6) is 0.387. The molecule has 228 valence electrons. The van der Waals surface area contributed by atoms with E-state index in [1.807, 2.05) is 4.90 Å². The zero-order valence-electron chi connectivity index (χ0n) is 23.5. The number of anilines is 2. The first-order chi connectivity index (χ1) is 20.6. The number of carbonyl (C=O) groups is 1. The van der Waals surface area contributed by atoms with Crippen molar-refractivity contribution in [2.45, 2.75) is 50.7 Å². The van der Waals surface area contributed by atoms with Crippen molar-refractivity contribution in [2.24, 2.45) is 5.73 Å². The number of amides is 2. The highest BCUT2D eigenvalue weighted by molar-refractivity contribution is 5.94. The Morgan fingerprint density at radius 2 is 1.98 bits per heavy atom. The molecule has 3 aliphatic rings. The molecule has 0 spiro atoms. The number of hydrogen-bond donors (Lipinski definition) is 1. The molecular weight excluding hydrogens is 569 g/mol. The molecule has 2 N–H and O–H groups in total. The summed E-state index contributed by atoms with van der Waals surface area (Å²) in [5.41, 5.74) is 4.54.